The molecule has 0 aliphatic carbocycles. The van der Waals surface area contributed by atoms with Crippen molar-refractivity contribution in [3.8, 4) is 11.6 Å². The number of nitrogens with zero attached hydrogens (tertiary/aromatic N) is 2. The van der Waals surface area contributed by atoms with E-state index in [-0.39, 0.29) is 22.8 Å². The molecule has 0 aliphatic rings. The number of carbonyl (C=O) groups is 2. The molecule has 0 atom stereocenters. The van der Waals surface area contributed by atoms with Crippen molar-refractivity contribution in [2.45, 2.75) is 0 Å². The van der Waals surface area contributed by atoms with Crippen LogP contribution in [0.1, 0.15) is 20.7 Å². The van der Waals surface area contributed by atoms with Gasteiger partial charge < -0.3 is 15.6 Å². The Morgan fingerprint density at radius 2 is 2.11 bits per heavy atom. The molecule has 0 aromatic carbocycles. The molecule has 3 N–H and O–H groups in total. The summed E-state index contributed by atoms with van der Waals surface area (Å²) in [7, 11) is 0. The third kappa shape index (κ3) is 2.83. The minimum Gasteiger partial charge on any atom is -0.478 e. The van der Waals surface area contributed by atoms with Gasteiger partial charge in [0.25, 0.3) is 5.91 Å². The van der Waals surface area contributed by atoms with Crippen LogP contribution < -0.4 is 10.5 Å². The fourth-order valence-corrected chi connectivity index (χ4v) is 1.36. The summed E-state index contributed by atoms with van der Waals surface area (Å²) in [5.41, 5.74) is 5.24. The molecular formula is C12H9N3O4. The molecule has 2 aromatic rings. The number of aromatic nitrogens is 2. The monoisotopic (exact) mass is 259 g/mol. The van der Waals surface area contributed by atoms with E-state index >= 15 is 0 Å². The van der Waals surface area contributed by atoms with Crippen LogP contribution in [0.3, 0.4) is 0 Å². The van der Waals surface area contributed by atoms with Gasteiger partial charge in [0.1, 0.15) is 11.3 Å². The molecule has 0 fully saturated rings. The molecule has 0 bridgehead atoms. The smallest absolute Gasteiger partial charge is 0.337 e. The minimum atomic E-state index is -1.13. The Hall–Kier alpha value is -2.96. The van der Waals surface area contributed by atoms with Gasteiger partial charge in [-0.2, -0.15) is 0 Å². The number of amides is 1. The Labute approximate surface area is 107 Å². The van der Waals surface area contributed by atoms with Gasteiger partial charge in [0.05, 0.1) is 11.8 Å². The lowest BCUT2D eigenvalue weighted by Crippen LogP contribution is -2.12. The highest BCUT2D eigenvalue weighted by molar-refractivity contribution is 5.95. The molecule has 0 spiro atoms. The molecule has 0 radical (unpaired) electrons. The third-order valence-electron chi connectivity index (χ3n) is 2.21. The van der Waals surface area contributed by atoms with Crippen LogP contribution in [0.25, 0.3) is 0 Å². The summed E-state index contributed by atoms with van der Waals surface area (Å²) in [4.78, 5) is 29.6. The summed E-state index contributed by atoms with van der Waals surface area (Å²) in [5.74, 6) is -1.67. The topological polar surface area (TPSA) is 115 Å². The van der Waals surface area contributed by atoms with E-state index in [1.165, 1.54) is 30.7 Å². The van der Waals surface area contributed by atoms with Crippen LogP contribution in [-0.2, 0) is 0 Å². The van der Waals surface area contributed by atoms with Crippen molar-refractivity contribution in [3.05, 3.63) is 47.9 Å². The van der Waals surface area contributed by atoms with Crippen molar-refractivity contribution in [2.75, 3.05) is 0 Å². The summed E-state index contributed by atoms with van der Waals surface area (Å²) < 4.78 is 5.32. The van der Waals surface area contributed by atoms with Gasteiger partial charge in [0.15, 0.2) is 0 Å². The van der Waals surface area contributed by atoms with Gasteiger partial charge in [-0.05, 0) is 18.2 Å². The average Bonchev–Trinajstić information content (AvgIpc) is 2.39. The largest absolute Gasteiger partial charge is 0.478 e. The van der Waals surface area contributed by atoms with E-state index in [9.17, 15) is 9.59 Å². The van der Waals surface area contributed by atoms with Crippen molar-refractivity contribution in [2.24, 2.45) is 5.73 Å². The zero-order valence-corrected chi connectivity index (χ0v) is 9.61. The van der Waals surface area contributed by atoms with Crippen LogP contribution >= 0.6 is 0 Å². The zero-order valence-electron chi connectivity index (χ0n) is 9.61. The quantitative estimate of drug-likeness (QED) is 0.848. The molecule has 96 valence electrons. The molecule has 0 saturated carbocycles. The number of carbonyl (C=O) groups excluding carboxylic acids is 1. The molecule has 2 aromatic heterocycles. The van der Waals surface area contributed by atoms with E-state index in [1.807, 2.05) is 0 Å². The maximum absolute atomic E-state index is 11.2. The number of ether oxygens (including phenoxy) is 1. The predicted molar refractivity (Wildman–Crippen MR) is 64.0 cm³/mol. The number of nitrogens with two attached hydrogens (primary N) is 1. The molecule has 7 nitrogen and oxygen atoms in total. The van der Waals surface area contributed by atoms with E-state index in [2.05, 4.69) is 9.97 Å². The van der Waals surface area contributed by atoms with Crippen molar-refractivity contribution < 1.29 is 19.4 Å². The fraction of sp³-hybridized carbons (Fsp3) is 0. The predicted octanol–water partition coefficient (Wildman–Crippen LogP) is 1.07. The SMILES string of the molecule is NC(=O)c1cccnc1Oc1cncc(C(=O)O)c1. The van der Waals surface area contributed by atoms with Gasteiger partial charge >= 0.3 is 5.97 Å². The Kier molecular flexibility index (Phi) is 3.37. The van der Waals surface area contributed by atoms with Gasteiger partial charge in [-0.3, -0.25) is 9.78 Å². The Morgan fingerprint density at radius 3 is 2.79 bits per heavy atom. The van der Waals surface area contributed by atoms with E-state index < -0.39 is 11.9 Å². The molecule has 0 aliphatic heterocycles. The second-order valence-electron chi connectivity index (χ2n) is 3.54. The summed E-state index contributed by atoms with van der Waals surface area (Å²) in [6, 6.07) is 4.27. The summed E-state index contributed by atoms with van der Waals surface area (Å²) >= 11 is 0. The van der Waals surface area contributed by atoms with Gasteiger partial charge in [0, 0.05) is 12.4 Å². The summed E-state index contributed by atoms with van der Waals surface area (Å²) in [5, 5.41) is 8.83. The first-order valence-electron chi connectivity index (χ1n) is 5.19. The molecule has 0 saturated heterocycles. The molecule has 2 rings (SSSR count). The fourth-order valence-electron chi connectivity index (χ4n) is 1.36. The molecule has 1 amide bonds. The molecule has 0 unspecified atom stereocenters. The van der Waals surface area contributed by atoms with Gasteiger partial charge in [-0.1, -0.05) is 0 Å². The Balaban J connectivity index is 2.34. The third-order valence-corrected chi connectivity index (χ3v) is 2.21. The van der Waals surface area contributed by atoms with Crippen LogP contribution in [0.5, 0.6) is 11.6 Å². The van der Waals surface area contributed by atoms with E-state index in [1.54, 1.807) is 6.07 Å². The van der Waals surface area contributed by atoms with Crippen molar-refractivity contribution in [1.29, 1.82) is 0 Å². The number of aromatic carboxylic acids is 1. The van der Waals surface area contributed by atoms with Crippen LogP contribution in [0.4, 0.5) is 0 Å². The van der Waals surface area contributed by atoms with Crippen LogP contribution in [0, 0.1) is 0 Å². The normalized spacial score (nSPS) is 9.89. The number of carboxylic acids is 1. The molecule has 2 heterocycles. The molecular weight excluding hydrogens is 250 g/mol. The first kappa shape index (κ1) is 12.5. The number of hydrogen-bond acceptors (Lipinski definition) is 5. The highest BCUT2D eigenvalue weighted by Crippen LogP contribution is 2.22. The number of hydrogen-bond donors (Lipinski definition) is 2. The Morgan fingerprint density at radius 1 is 1.32 bits per heavy atom. The minimum absolute atomic E-state index is 0.000612. The summed E-state index contributed by atoms with van der Waals surface area (Å²) in [6.07, 6.45) is 3.92. The summed E-state index contributed by atoms with van der Waals surface area (Å²) in [6.45, 7) is 0. The number of primary amides is 1. The van der Waals surface area contributed by atoms with Gasteiger partial charge in [0.2, 0.25) is 5.88 Å². The first-order chi connectivity index (χ1) is 9.08. The van der Waals surface area contributed by atoms with Crippen LogP contribution in [0.2, 0.25) is 0 Å². The second kappa shape index (κ2) is 5.13. The Bertz CT molecular complexity index is 642. The zero-order chi connectivity index (χ0) is 13.8. The first-order valence-corrected chi connectivity index (χ1v) is 5.19. The number of rotatable bonds is 4. The number of pyridine rings is 2. The lowest BCUT2D eigenvalue weighted by molar-refractivity contribution is 0.0695. The van der Waals surface area contributed by atoms with E-state index in [4.69, 9.17) is 15.6 Å². The van der Waals surface area contributed by atoms with Crippen molar-refractivity contribution in [3.63, 3.8) is 0 Å². The highest BCUT2D eigenvalue weighted by atomic mass is 16.5. The van der Waals surface area contributed by atoms with E-state index in [0.29, 0.717) is 0 Å². The average molecular weight is 259 g/mol. The van der Waals surface area contributed by atoms with Crippen LogP contribution in [-0.4, -0.2) is 27.0 Å². The van der Waals surface area contributed by atoms with Crippen molar-refractivity contribution in [1.82, 2.24) is 9.97 Å². The standard InChI is InChI=1S/C12H9N3O4/c13-10(16)9-2-1-3-15-11(9)19-8-4-7(12(17)18)5-14-6-8/h1-6H,(H2,13,16)(H,17,18). The maximum atomic E-state index is 11.2. The highest BCUT2D eigenvalue weighted by Gasteiger charge is 2.12. The van der Waals surface area contributed by atoms with Crippen LogP contribution in [0.15, 0.2) is 36.8 Å². The van der Waals surface area contributed by atoms with Gasteiger partial charge in [-0.25, -0.2) is 9.78 Å². The van der Waals surface area contributed by atoms with Crippen molar-refractivity contribution >= 4 is 11.9 Å². The lowest BCUT2D eigenvalue weighted by Gasteiger charge is -2.07. The maximum Gasteiger partial charge on any atom is 0.337 e. The lowest BCUT2D eigenvalue weighted by atomic mass is 10.2. The molecule has 7 heteroatoms. The van der Waals surface area contributed by atoms with E-state index in [0.717, 1.165) is 0 Å². The molecule has 19 heavy (non-hydrogen) atoms. The number of carboxylic acid groups (broad SMARTS) is 1. The second-order valence-corrected chi connectivity index (χ2v) is 3.54. The van der Waals surface area contributed by atoms with Gasteiger partial charge in [-0.15, -0.1) is 0 Å².